The number of hydrazine groups is 1. The first-order chi connectivity index (χ1) is 10.2. The van der Waals surface area contributed by atoms with E-state index in [4.69, 9.17) is 10.3 Å². The molecule has 0 saturated heterocycles. The summed E-state index contributed by atoms with van der Waals surface area (Å²) in [6.07, 6.45) is 0.818. The van der Waals surface area contributed by atoms with Crippen LogP contribution in [0.25, 0.3) is 0 Å². The molecule has 3 rings (SSSR count). The Kier molecular flexibility index (Phi) is 3.45. The van der Waals surface area contributed by atoms with Gasteiger partial charge in [0.2, 0.25) is 0 Å². The third kappa shape index (κ3) is 2.53. The number of nitrogens with two attached hydrogens (primary N) is 1. The molecule has 6 nitrogen and oxygen atoms in total. The van der Waals surface area contributed by atoms with Gasteiger partial charge in [0.05, 0.1) is 6.54 Å². The van der Waals surface area contributed by atoms with E-state index >= 15 is 0 Å². The Labute approximate surface area is 121 Å². The summed E-state index contributed by atoms with van der Waals surface area (Å²) in [5, 5.41) is 0. The first-order valence-corrected chi connectivity index (χ1v) is 6.66. The first kappa shape index (κ1) is 13.4. The van der Waals surface area contributed by atoms with Gasteiger partial charge in [-0.1, -0.05) is 18.2 Å². The van der Waals surface area contributed by atoms with Crippen LogP contribution < -0.4 is 11.3 Å². The van der Waals surface area contributed by atoms with E-state index in [2.05, 4.69) is 0 Å². The Bertz CT molecular complexity index is 693. The summed E-state index contributed by atoms with van der Waals surface area (Å²) in [6, 6.07) is 10.8. The van der Waals surface area contributed by atoms with E-state index in [1.807, 2.05) is 29.7 Å². The van der Waals surface area contributed by atoms with Gasteiger partial charge in [-0.2, -0.15) is 0 Å². The van der Waals surface area contributed by atoms with Crippen LogP contribution in [0.15, 0.2) is 40.8 Å². The van der Waals surface area contributed by atoms with Crippen molar-refractivity contribution in [2.45, 2.75) is 13.0 Å². The SMILES string of the molecule is NNC(=O)c1ccc(CN2CCc3ccccc3C2=O)o1. The third-order valence-corrected chi connectivity index (χ3v) is 3.55. The minimum absolute atomic E-state index is 0.0157. The molecule has 108 valence electrons. The van der Waals surface area contributed by atoms with Crippen molar-refractivity contribution >= 4 is 11.8 Å². The average Bonchev–Trinajstić information content (AvgIpc) is 2.98. The highest BCUT2D eigenvalue weighted by molar-refractivity contribution is 5.96. The van der Waals surface area contributed by atoms with Gasteiger partial charge in [-0.15, -0.1) is 0 Å². The van der Waals surface area contributed by atoms with Crippen LogP contribution in [0.3, 0.4) is 0 Å². The first-order valence-electron chi connectivity index (χ1n) is 6.66. The summed E-state index contributed by atoms with van der Waals surface area (Å²) < 4.78 is 5.39. The Morgan fingerprint density at radius 1 is 1.29 bits per heavy atom. The van der Waals surface area contributed by atoms with E-state index in [1.54, 1.807) is 17.0 Å². The number of amides is 2. The molecule has 2 aromatic rings. The maximum Gasteiger partial charge on any atom is 0.300 e. The number of nitrogens with zero attached hydrogens (tertiary/aromatic N) is 1. The number of carbonyl (C=O) groups excluding carboxylic acids is 2. The smallest absolute Gasteiger partial charge is 0.300 e. The fraction of sp³-hybridized carbons (Fsp3) is 0.200. The van der Waals surface area contributed by atoms with Crippen LogP contribution in [0.5, 0.6) is 0 Å². The molecule has 0 saturated carbocycles. The van der Waals surface area contributed by atoms with Crippen molar-refractivity contribution in [3.63, 3.8) is 0 Å². The number of furan rings is 1. The molecule has 0 aliphatic carbocycles. The van der Waals surface area contributed by atoms with Crippen molar-refractivity contribution < 1.29 is 14.0 Å². The third-order valence-electron chi connectivity index (χ3n) is 3.55. The second-order valence-corrected chi connectivity index (χ2v) is 4.87. The number of carbonyl (C=O) groups is 2. The summed E-state index contributed by atoms with van der Waals surface area (Å²) in [7, 11) is 0. The molecular formula is C15H15N3O3. The van der Waals surface area contributed by atoms with Gasteiger partial charge >= 0.3 is 5.91 Å². The van der Waals surface area contributed by atoms with Crippen LogP contribution in [0.1, 0.15) is 32.2 Å². The molecule has 0 atom stereocenters. The lowest BCUT2D eigenvalue weighted by Gasteiger charge is -2.27. The van der Waals surface area contributed by atoms with Crippen LogP contribution in [0.2, 0.25) is 0 Å². The van der Waals surface area contributed by atoms with E-state index in [0.29, 0.717) is 18.8 Å². The quantitative estimate of drug-likeness (QED) is 0.502. The number of hydrogen-bond acceptors (Lipinski definition) is 4. The van der Waals surface area contributed by atoms with Gasteiger partial charge in [-0.25, -0.2) is 5.84 Å². The van der Waals surface area contributed by atoms with E-state index in [0.717, 1.165) is 17.5 Å². The zero-order chi connectivity index (χ0) is 14.8. The molecule has 0 spiro atoms. The Balaban J connectivity index is 1.76. The predicted octanol–water partition coefficient (Wildman–Crippen LogP) is 1.08. The summed E-state index contributed by atoms with van der Waals surface area (Å²) in [4.78, 5) is 25.5. The molecule has 1 aliphatic rings. The van der Waals surface area contributed by atoms with Crippen LogP contribution in [0.4, 0.5) is 0 Å². The molecule has 0 fully saturated rings. The highest BCUT2D eigenvalue weighted by Gasteiger charge is 2.24. The molecule has 21 heavy (non-hydrogen) atoms. The van der Waals surface area contributed by atoms with Crippen molar-refractivity contribution in [3.8, 4) is 0 Å². The lowest BCUT2D eigenvalue weighted by atomic mass is 9.99. The molecule has 2 amide bonds. The van der Waals surface area contributed by atoms with Crippen molar-refractivity contribution in [1.82, 2.24) is 10.3 Å². The maximum absolute atomic E-state index is 12.4. The fourth-order valence-electron chi connectivity index (χ4n) is 2.47. The number of hydrogen-bond donors (Lipinski definition) is 2. The maximum atomic E-state index is 12.4. The number of benzene rings is 1. The topological polar surface area (TPSA) is 88.6 Å². The second-order valence-electron chi connectivity index (χ2n) is 4.87. The van der Waals surface area contributed by atoms with E-state index < -0.39 is 5.91 Å². The van der Waals surface area contributed by atoms with Gasteiger partial charge in [-0.05, 0) is 30.2 Å². The molecule has 3 N–H and O–H groups in total. The fourth-order valence-corrected chi connectivity index (χ4v) is 2.47. The summed E-state index contributed by atoms with van der Waals surface area (Å²) in [5.41, 5.74) is 3.81. The Hall–Kier alpha value is -2.60. The van der Waals surface area contributed by atoms with Gasteiger partial charge in [0.1, 0.15) is 5.76 Å². The van der Waals surface area contributed by atoms with Gasteiger partial charge in [0.15, 0.2) is 5.76 Å². The van der Waals surface area contributed by atoms with Crippen LogP contribution >= 0.6 is 0 Å². The van der Waals surface area contributed by atoms with Crippen LogP contribution in [0, 0.1) is 0 Å². The Morgan fingerprint density at radius 2 is 2.10 bits per heavy atom. The normalized spacial score (nSPS) is 14.0. The highest BCUT2D eigenvalue weighted by atomic mass is 16.4. The zero-order valence-electron chi connectivity index (χ0n) is 11.3. The van der Waals surface area contributed by atoms with E-state index in [-0.39, 0.29) is 11.7 Å². The van der Waals surface area contributed by atoms with E-state index in [9.17, 15) is 9.59 Å². The standard InChI is InChI=1S/C15H15N3O3/c16-17-14(19)13-6-5-11(21-13)9-18-8-7-10-3-1-2-4-12(10)15(18)20/h1-6H,7-9,16H2,(H,17,19). The van der Waals surface area contributed by atoms with Crippen molar-refractivity contribution in [3.05, 3.63) is 59.0 Å². The summed E-state index contributed by atoms with van der Waals surface area (Å²) >= 11 is 0. The van der Waals surface area contributed by atoms with Crippen molar-refractivity contribution in [2.24, 2.45) is 5.84 Å². The monoisotopic (exact) mass is 285 g/mol. The predicted molar refractivity (Wildman–Crippen MR) is 75.2 cm³/mol. The van der Waals surface area contributed by atoms with Gasteiger partial charge in [0, 0.05) is 12.1 Å². The molecule has 6 heteroatoms. The number of fused-ring (bicyclic) bond motifs is 1. The molecule has 0 bridgehead atoms. The molecule has 1 aromatic heterocycles. The number of nitrogen functional groups attached to an aromatic ring is 1. The number of rotatable bonds is 3. The number of nitrogens with one attached hydrogen (secondary N) is 1. The van der Waals surface area contributed by atoms with E-state index in [1.165, 1.54) is 0 Å². The van der Waals surface area contributed by atoms with Crippen LogP contribution in [-0.2, 0) is 13.0 Å². The molecule has 0 unspecified atom stereocenters. The molecular weight excluding hydrogens is 270 g/mol. The zero-order valence-corrected chi connectivity index (χ0v) is 11.3. The lowest BCUT2D eigenvalue weighted by molar-refractivity contribution is 0.0714. The molecule has 2 heterocycles. The lowest BCUT2D eigenvalue weighted by Crippen LogP contribution is -2.36. The minimum Gasteiger partial charge on any atom is -0.454 e. The second kappa shape index (κ2) is 5.41. The Morgan fingerprint density at radius 3 is 2.90 bits per heavy atom. The van der Waals surface area contributed by atoms with Gasteiger partial charge in [0.25, 0.3) is 5.91 Å². The molecule has 0 radical (unpaired) electrons. The molecule has 1 aliphatic heterocycles. The largest absolute Gasteiger partial charge is 0.454 e. The van der Waals surface area contributed by atoms with Crippen LogP contribution in [-0.4, -0.2) is 23.3 Å². The van der Waals surface area contributed by atoms with Crippen molar-refractivity contribution in [2.75, 3.05) is 6.54 Å². The summed E-state index contributed by atoms with van der Waals surface area (Å²) in [6.45, 7) is 0.972. The van der Waals surface area contributed by atoms with Crippen molar-refractivity contribution in [1.29, 1.82) is 0 Å². The van der Waals surface area contributed by atoms with Gasteiger partial charge < -0.3 is 9.32 Å². The highest BCUT2D eigenvalue weighted by Crippen LogP contribution is 2.21. The minimum atomic E-state index is -0.489. The van der Waals surface area contributed by atoms with Gasteiger partial charge in [-0.3, -0.25) is 15.0 Å². The average molecular weight is 285 g/mol. The summed E-state index contributed by atoms with van der Waals surface area (Å²) in [5.74, 6) is 5.24. The molecule has 1 aromatic carbocycles.